The van der Waals surface area contributed by atoms with Gasteiger partial charge >= 0.3 is 11.7 Å². The van der Waals surface area contributed by atoms with Gasteiger partial charge in [0.15, 0.2) is 5.54 Å². The maximum atomic E-state index is 13.2. The van der Waals surface area contributed by atoms with Gasteiger partial charge in [0.25, 0.3) is 11.5 Å². The van der Waals surface area contributed by atoms with Gasteiger partial charge in [0.2, 0.25) is 0 Å². The van der Waals surface area contributed by atoms with Crippen LogP contribution >= 0.6 is 0 Å². The maximum Gasteiger partial charge on any atom is 0.330 e. The summed E-state index contributed by atoms with van der Waals surface area (Å²) in [5.41, 5.74) is -1.31. The average molecular weight is 370 g/mol. The van der Waals surface area contributed by atoms with Crippen LogP contribution < -0.4 is 21.3 Å². The van der Waals surface area contributed by atoms with Gasteiger partial charge in [-0.3, -0.25) is 23.6 Å². The minimum atomic E-state index is -1.19. The highest BCUT2D eigenvalue weighted by molar-refractivity contribution is 6.07. The number of fused-ring (bicyclic) bond motifs is 2. The predicted molar refractivity (Wildman–Crippen MR) is 94.2 cm³/mol. The molecule has 1 saturated heterocycles. The SMILES string of the molecule is Cn1c(CN2C(=O)NC3(CCOc4ccccc43)C2=O)cc(=O)n(C)c1=O. The largest absolute Gasteiger partial charge is 0.493 e. The smallest absolute Gasteiger partial charge is 0.330 e. The molecule has 1 aromatic heterocycles. The van der Waals surface area contributed by atoms with Crippen molar-refractivity contribution in [3.8, 4) is 5.75 Å². The second-order valence-electron chi connectivity index (χ2n) is 6.70. The van der Waals surface area contributed by atoms with E-state index in [0.717, 1.165) is 9.47 Å². The number of benzene rings is 1. The number of aromatic nitrogens is 2. The third kappa shape index (κ3) is 2.38. The summed E-state index contributed by atoms with van der Waals surface area (Å²) in [5, 5.41) is 2.79. The molecule has 140 valence electrons. The van der Waals surface area contributed by atoms with Crippen molar-refractivity contribution in [2.75, 3.05) is 6.61 Å². The summed E-state index contributed by atoms with van der Waals surface area (Å²) in [6, 6.07) is 7.77. The van der Waals surface area contributed by atoms with E-state index in [2.05, 4.69) is 5.32 Å². The highest BCUT2D eigenvalue weighted by atomic mass is 16.5. The second kappa shape index (κ2) is 5.83. The number of carbonyl (C=O) groups is 2. The number of nitrogens with zero attached hydrogens (tertiary/aromatic N) is 3. The number of amides is 3. The molecule has 9 nitrogen and oxygen atoms in total. The Morgan fingerprint density at radius 1 is 1.11 bits per heavy atom. The quantitative estimate of drug-likeness (QED) is 0.739. The standard InChI is InChI=1S/C18H18N4O5/c1-20-11(9-14(23)21(2)17(20)26)10-22-15(24)18(19-16(22)25)7-8-27-13-6-4-3-5-12(13)18/h3-6,9H,7-8,10H2,1-2H3,(H,19,25). The highest BCUT2D eigenvalue weighted by Crippen LogP contribution is 2.41. The van der Waals surface area contributed by atoms with Crippen LogP contribution in [-0.2, 0) is 31.0 Å². The lowest BCUT2D eigenvalue weighted by Crippen LogP contribution is -2.47. The molecule has 1 fully saturated rings. The monoisotopic (exact) mass is 370 g/mol. The Morgan fingerprint density at radius 2 is 1.85 bits per heavy atom. The molecule has 3 heterocycles. The summed E-state index contributed by atoms with van der Waals surface area (Å²) in [7, 11) is 2.87. The van der Waals surface area contributed by atoms with Crippen LogP contribution in [0.25, 0.3) is 0 Å². The van der Waals surface area contributed by atoms with Gasteiger partial charge in [-0.25, -0.2) is 9.59 Å². The molecule has 2 aromatic rings. The molecule has 9 heteroatoms. The normalized spacial score (nSPS) is 21.2. The number of para-hydroxylation sites is 1. The second-order valence-corrected chi connectivity index (χ2v) is 6.70. The fourth-order valence-corrected chi connectivity index (χ4v) is 3.61. The number of rotatable bonds is 2. The Kier molecular flexibility index (Phi) is 3.69. The first-order chi connectivity index (χ1) is 12.8. The fourth-order valence-electron chi connectivity index (χ4n) is 3.61. The minimum absolute atomic E-state index is 0.169. The lowest BCUT2D eigenvalue weighted by Gasteiger charge is -2.33. The van der Waals surface area contributed by atoms with Crippen molar-refractivity contribution in [2.24, 2.45) is 14.1 Å². The number of carbonyl (C=O) groups excluding carboxylic acids is 2. The number of urea groups is 1. The van der Waals surface area contributed by atoms with Gasteiger partial charge in [0.1, 0.15) is 5.75 Å². The molecule has 4 rings (SSSR count). The number of nitrogens with one attached hydrogen (secondary N) is 1. The maximum absolute atomic E-state index is 13.2. The molecular formula is C18H18N4O5. The van der Waals surface area contributed by atoms with Gasteiger partial charge in [-0.15, -0.1) is 0 Å². The number of hydrogen-bond acceptors (Lipinski definition) is 5. The first-order valence-electron chi connectivity index (χ1n) is 8.47. The lowest BCUT2D eigenvalue weighted by atomic mass is 9.84. The molecule has 3 amide bonds. The van der Waals surface area contributed by atoms with Crippen molar-refractivity contribution in [2.45, 2.75) is 18.5 Å². The molecular weight excluding hydrogens is 352 g/mol. The van der Waals surface area contributed by atoms with Crippen LogP contribution in [0.3, 0.4) is 0 Å². The summed E-state index contributed by atoms with van der Waals surface area (Å²) < 4.78 is 7.82. The highest BCUT2D eigenvalue weighted by Gasteiger charge is 2.54. The molecule has 1 aromatic carbocycles. The Bertz CT molecular complexity index is 1090. The summed E-state index contributed by atoms with van der Waals surface area (Å²) >= 11 is 0. The van der Waals surface area contributed by atoms with Crippen molar-refractivity contribution >= 4 is 11.9 Å². The molecule has 0 radical (unpaired) electrons. The van der Waals surface area contributed by atoms with E-state index in [1.54, 1.807) is 24.3 Å². The zero-order valence-electron chi connectivity index (χ0n) is 14.9. The third-order valence-electron chi connectivity index (χ3n) is 5.20. The van der Waals surface area contributed by atoms with E-state index >= 15 is 0 Å². The fraction of sp³-hybridized carbons (Fsp3) is 0.333. The van der Waals surface area contributed by atoms with Crippen LogP contribution in [0.5, 0.6) is 5.75 Å². The van der Waals surface area contributed by atoms with Gasteiger partial charge in [0.05, 0.1) is 13.2 Å². The number of imide groups is 1. The van der Waals surface area contributed by atoms with Crippen molar-refractivity contribution in [1.82, 2.24) is 19.4 Å². The Labute approximate surface area is 153 Å². The molecule has 2 aliphatic heterocycles. The van der Waals surface area contributed by atoms with Crippen molar-refractivity contribution in [3.63, 3.8) is 0 Å². The summed E-state index contributed by atoms with van der Waals surface area (Å²) in [4.78, 5) is 50.9. The zero-order chi connectivity index (χ0) is 19.3. The Hall–Kier alpha value is -3.36. The average Bonchev–Trinajstić information content (AvgIpc) is 2.89. The van der Waals surface area contributed by atoms with Gasteiger partial charge < -0.3 is 10.1 Å². The number of hydrogen-bond donors (Lipinski definition) is 1. The summed E-state index contributed by atoms with van der Waals surface area (Å²) in [6.07, 6.45) is 0.306. The minimum Gasteiger partial charge on any atom is -0.493 e. The van der Waals surface area contributed by atoms with Crippen LogP contribution in [0, 0.1) is 0 Å². The molecule has 2 aliphatic rings. The van der Waals surface area contributed by atoms with Crippen LogP contribution in [-0.4, -0.2) is 32.6 Å². The lowest BCUT2D eigenvalue weighted by molar-refractivity contribution is -0.133. The predicted octanol–water partition coefficient (Wildman–Crippen LogP) is -0.186. The first kappa shape index (κ1) is 17.1. The van der Waals surface area contributed by atoms with Crippen molar-refractivity contribution in [3.05, 3.63) is 62.4 Å². The molecule has 0 aliphatic carbocycles. The van der Waals surface area contributed by atoms with Gasteiger partial charge in [0, 0.05) is 37.8 Å². The molecule has 1 unspecified atom stereocenters. The molecule has 1 atom stereocenters. The Morgan fingerprint density at radius 3 is 2.63 bits per heavy atom. The first-order valence-corrected chi connectivity index (χ1v) is 8.47. The van der Waals surface area contributed by atoms with Gasteiger partial charge in [-0.05, 0) is 6.07 Å². The van der Waals surface area contributed by atoms with E-state index in [1.807, 2.05) is 0 Å². The Balaban J connectivity index is 1.74. The topological polar surface area (TPSA) is 103 Å². The van der Waals surface area contributed by atoms with E-state index < -0.39 is 28.7 Å². The van der Waals surface area contributed by atoms with E-state index in [1.165, 1.54) is 24.7 Å². The van der Waals surface area contributed by atoms with Gasteiger partial charge in [-0.2, -0.15) is 0 Å². The summed E-state index contributed by atoms with van der Waals surface area (Å²) in [6.45, 7) is 0.124. The van der Waals surface area contributed by atoms with Crippen LogP contribution in [0.15, 0.2) is 39.9 Å². The van der Waals surface area contributed by atoms with Crippen molar-refractivity contribution < 1.29 is 14.3 Å². The molecule has 1 spiro atoms. The van der Waals surface area contributed by atoms with Gasteiger partial charge in [-0.1, -0.05) is 18.2 Å². The van der Waals surface area contributed by atoms with Crippen LogP contribution in [0.4, 0.5) is 4.79 Å². The van der Waals surface area contributed by atoms with E-state index in [0.29, 0.717) is 24.3 Å². The zero-order valence-corrected chi connectivity index (χ0v) is 14.9. The molecule has 0 saturated carbocycles. The van der Waals surface area contributed by atoms with Crippen molar-refractivity contribution in [1.29, 1.82) is 0 Å². The summed E-state index contributed by atoms with van der Waals surface area (Å²) in [5.74, 6) is 0.136. The van der Waals surface area contributed by atoms with Crippen LogP contribution in [0.1, 0.15) is 17.7 Å². The molecule has 1 N–H and O–H groups in total. The van der Waals surface area contributed by atoms with Crippen LogP contribution in [0.2, 0.25) is 0 Å². The van der Waals surface area contributed by atoms with E-state index in [9.17, 15) is 19.2 Å². The van der Waals surface area contributed by atoms with E-state index in [4.69, 9.17) is 4.74 Å². The van der Waals surface area contributed by atoms with E-state index in [-0.39, 0.29) is 12.2 Å². The third-order valence-corrected chi connectivity index (χ3v) is 5.20. The number of ether oxygens (including phenoxy) is 1. The molecule has 27 heavy (non-hydrogen) atoms. The molecule has 0 bridgehead atoms.